The first-order valence-electron chi connectivity index (χ1n) is 9.62. The number of carbonyl (C=O) groups excluding carboxylic acids is 1. The molecular weight excluding hydrogens is 324 g/mol. The summed E-state index contributed by atoms with van der Waals surface area (Å²) in [6.45, 7) is 4.81. The van der Waals surface area contributed by atoms with E-state index < -0.39 is 0 Å². The van der Waals surface area contributed by atoms with Crippen LogP contribution in [0.1, 0.15) is 45.1 Å². The number of amides is 1. The Morgan fingerprint density at radius 2 is 2.15 bits per heavy atom. The highest BCUT2D eigenvalue weighted by molar-refractivity contribution is 6.02. The van der Waals surface area contributed by atoms with Gasteiger partial charge in [0.15, 0.2) is 0 Å². The van der Waals surface area contributed by atoms with Crippen LogP contribution in [0.3, 0.4) is 0 Å². The van der Waals surface area contributed by atoms with Gasteiger partial charge in [0.25, 0.3) is 0 Å². The molecule has 2 aliphatic rings. The molecule has 1 amide bonds. The second kappa shape index (κ2) is 6.75. The van der Waals surface area contributed by atoms with E-state index in [9.17, 15) is 4.79 Å². The average Bonchev–Trinajstić information content (AvgIpc) is 3.29. The molecule has 0 radical (unpaired) electrons. The number of hydrogen-bond acceptors (Lipinski definition) is 3. The predicted molar refractivity (Wildman–Crippen MR) is 104 cm³/mol. The van der Waals surface area contributed by atoms with Gasteiger partial charge in [-0.25, -0.2) is 5.43 Å². The van der Waals surface area contributed by atoms with Crippen molar-refractivity contribution in [3.8, 4) is 5.75 Å². The Bertz CT molecular complexity index is 860. The Balaban J connectivity index is 1.53. The van der Waals surface area contributed by atoms with Crippen molar-refractivity contribution in [3.63, 3.8) is 0 Å². The normalized spacial score (nSPS) is 27.3. The molecule has 0 aromatic heterocycles. The van der Waals surface area contributed by atoms with E-state index in [1.165, 1.54) is 19.3 Å². The first-order chi connectivity index (χ1) is 12.6. The number of nitrogens with one attached hydrogen (secondary N) is 1. The molecule has 0 spiro atoms. The van der Waals surface area contributed by atoms with Crippen molar-refractivity contribution in [2.45, 2.75) is 39.5 Å². The molecule has 2 aliphatic carbocycles. The van der Waals surface area contributed by atoms with Gasteiger partial charge in [-0.15, -0.1) is 0 Å². The van der Waals surface area contributed by atoms with E-state index in [0.29, 0.717) is 12.5 Å². The number of nitrogens with zero attached hydrogens (tertiary/aromatic N) is 1. The summed E-state index contributed by atoms with van der Waals surface area (Å²) in [5, 5.41) is 6.48. The Morgan fingerprint density at radius 1 is 1.31 bits per heavy atom. The first-order valence-corrected chi connectivity index (χ1v) is 9.62. The topological polar surface area (TPSA) is 50.7 Å². The number of fused-ring (bicyclic) bond motifs is 2. The molecule has 4 rings (SSSR count). The molecule has 2 fully saturated rings. The Kier molecular flexibility index (Phi) is 4.43. The fourth-order valence-electron chi connectivity index (χ4n) is 4.77. The smallest absolute Gasteiger partial charge is 0.244 e. The lowest BCUT2D eigenvalue weighted by Gasteiger charge is -2.15. The van der Waals surface area contributed by atoms with Crippen LogP contribution < -0.4 is 10.2 Å². The van der Waals surface area contributed by atoms with E-state index >= 15 is 0 Å². The molecule has 2 aromatic rings. The summed E-state index contributed by atoms with van der Waals surface area (Å²) in [6.07, 6.45) is 6.56. The van der Waals surface area contributed by atoms with E-state index in [2.05, 4.69) is 29.6 Å². The highest BCUT2D eigenvalue weighted by Crippen LogP contribution is 2.66. The molecule has 0 heterocycles. The van der Waals surface area contributed by atoms with Gasteiger partial charge in [0.2, 0.25) is 5.91 Å². The van der Waals surface area contributed by atoms with Crippen LogP contribution in [0.2, 0.25) is 0 Å². The average molecular weight is 350 g/mol. The molecule has 3 atom stereocenters. The summed E-state index contributed by atoms with van der Waals surface area (Å²) < 4.78 is 5.75. The van der Waals surface area contributed by atoms with Crippen molar-refractivity contribution in [1.82, 2.24) is 5.43 Å². The fraction of sp³-hybridized carbons (Fsp3) is 0.455. The van der Waals surface area contributed by atoms with Gasteiger partial charge >= 0.3 is 0 Å². The third-order valence-electron chi connectivity index (χ3n) is 6.21. The van der Waals surface area contributed by atoms with Crippen molar-refractivity contribution in [2.75, 3.05) is 6.61 Å². The minimum absolute atomic E-state index is 0.0637. The molecule has 26 heavy (non-hydrogen) atoms. The van der Waals surface area contributed by atoms with Gasteiger partial charge in [-0.05, 0) is 47.9 Å². The lowest BCUT2D eigenvalue weighted by molar-refractivity contribution is -0.123. The maximum absolute atomic E-state index is 12.6. The minimum atomic E-state index is 0.0637. The van der Waals surface area contributed by atoms with Gasteiger partial charge in [-0.1, -0.05) is 50.1 Å². The van der Waals surface area contributed by atoms with Gasteiger partial charge in [0.1, 0.15) is 5.75 Å². The molecule has 136 valence electrons. The maximum Gasteiger partial charge on any atom is 0.244 e. The van der Waals surface area contributed by atoms with E-state index in [1.54, 1.807) is 6.21 Å². The van der Waals surface area contributed by atoms with Crippen LogP contribution in [-0.2, 0) is 4.79 Å². The van der Waals surface area contributed by atoms with Crippen molar-refractivity contribution in [3.05, 3.63) is 42.0 Å². The van der Waals surface area contributed by atoms with Gasteiger partial charge in [0.05, 0.1) is 12.8 Å². The molecule has 2 saturated carbocycles. The van der Waals surface area contributed by atoms with Crippen molar-refractivity contribution in [2.24, 2.45) is 22.4 Å². The largest absolute Gasteiger partial charge is 0.493 e. The zero-order chi connectivity index (χ0) is 18.1. The van der Waals surface area contributed by atoms with Crippen LogP contribution in [0.4, 0.5) is 0 Å². The fourth-order valence-corrected chi connectivity index (χ4v) is 4.77. The van der Waals surface area contributed by atoms with Crippen LogP contribution in [0.25, 0.3) is 10.8 Å². The molecule has 0 saturated heterocycles. The summed E-state index contributed by atoms with van der Waals surface area (Å²) in [5.74, 6) is 1.52. The molecular formula is C22H26N2O2. The predicted octanol–water partition coefficient (Wildman–Crippen LogP) is 4.51. The summed E-state index contributed by atoms with van der Waals surface area (Å²) in [6, 6.07) is 12.1. The zero-order valence-electron chi connectivity index (χ0n) is 15.5. The molecule has 4 heteroatoms. The number of hydrogen-bond donors (Lipinski definition) is 1. The second-order valence-electron chi connectivity index (χ2n) is 7.70. The van der Waals surface area contributed by atoms with Crippen LogP contribution in [0.15, 0.2) is 41.5 Å². The SMILES string of the molecule is CCOc1ccc2ccccc2c1/C=N/NC(=O)[C@@H]1[C@H]2CCCC[C@@]21C. The van der Waals surface area contributed by atoms with Gasteiger partial charge in [-0.2, -0.15) is 5.10 Å². The highest BCUT2D eigenvalue weighted by Gasteiger charge is 2.64. The number of rotatable bonds is 5. The van der Waals surface area contributed by atoms with Gasteiger partial charge < -0.3 is 4.74 Å². The molecule has 0 aliphatic heterocycles. The standard InChI is InChI=1S/C22H26N2O2/c1-3-26-19-12-11-15-8-4-5-9-16(15)17(19)14-23-24-21(25)20-18-10-6-7-13-22(18,20)2/h4-5,8-9,11-12,14,18,20H,3,6-7,10,13H2,1-2H3,(H,24,25)/b23-14+/t18-,20+,22+/m1/s1. The lowest BCUT2D eigenvalue weighted by Crippen LogP contribution is -2.22. The van der Waals surface area contributed by atoms with E-state index in [4.69, 9.17) is 4.74 Å². The lowest BCUT2D eigenvalue weighted by atomic mass is 9.90. The van der Waals surface area contributed by atoms with E-state index in [1.807, 2.05) is 31.2 Å². The quantitative estimate of drug-likeness (QED) is 0.637. The molecule has 4 nitrogen and oxygen atoms in total. The number of hydrazone groups is 1. The maximum atomic E-state index is 12.6. The third kappa shape index (κ3) is 2.87. The Morgan fingerprint density at radius 3 is 2.92 bits per heavy atom. The highest BCUT2D eigenvalue weighted by atomic mass is 16.5. The minimum Gasteiger partial charge on any atom is -0.493 e. The monoisotopic (exact) mass is 350 g/mol. The van der Waals surface area contributed by atoms with Crippen molar-refractivity contribution >= 4 is 22.9 Å². The third-order valence-corrected chi connectivity index (χ3v) is 6.21. The Hall–Kier alpha value is -2.36. The molecule has 0 bridgehead atoms. The first kappa shape index (κ1) is 17.1. The van der Waals surface area contributed by atoms with Crippen LogP contribution in [-0.4, -0.2) is 18.7 Å². The van der Waals surface area contributed by atoms with E-state index in [-0.39, 0.29) is 17.2 Å². The zero-order valence-corrected chi connectivity index (χ0v) is 15.5. The number of carbonyl (C=O) groups is 1. The van der Waals surface area contributed by atoms with Crippen LogP contribution in [0.5, 0.6) is 5.75 Å². The van der Waals surface area contributed by atoms with E-state index in [0.717, 1.165) is 28.5 Å². The second-order valence-corrected chi connectivity index (χ2v) is 7.70. The number of benzene rings is 2. The van der Waals surface area contributed by atoms with Gasteiger partial charge in [-0.3, -0.25) is 4.79 Å². The summed E-state index contributed by atoms with van der Waals surface area (Å²) in [7, 11) is 0. The molecule has 1 N–H and O–H groups in total. The van der Waals surface area contributed by atoms with Crippen molar-refractivity contribution in [1.29, 1.82) is 0 Å². The number of ether oxygens (including phenoxy) is 1. The molecule has 2 aromatic carbocycles. The molecule has 0 unspecified atom stereocenters. The van der Waals surface area contributed by atoms with Crippen LogP contribution >= 0.6 is 0 Å². The summed E-state index contributed by atoms with van der Waals surface area (Å²) in [4.78, 5) is 12.6. The summed E-state index contributed by atoms with van der Waals surface area (Å²) >= 11 is 0. The van der Waals surface area contributed by atoms with Gasteiger partial charge in [0, 0.05) is 11.5 Å². The van der Waals surface area contributed by atoms with Crippen LogP contribution in [0, 0.1) is 17.3 Å². The summed E-state index contributed by atoms with van der Waals surface area (Å²) in [5.41, 5.74) is 3.89. The van der Waals surface area contributed by atoms with Crippen molar-refractivity contribution < 1.29 is 9.53 Å². The Labute approximate surface area is 154 Å².